The van der Waals surface area contributed by atoms with Crippen LogP contribution in [0.3, 0.4) is 0 Å². The third kappa shape index (κ3) is 3.61. The molecule has 7 heteroatoms. The molecule has 0 N–H and O–H groups in total. The number of amides is 2. The lowest BCUT2D eigenvalue weighted by molar-refractivity contribution is -0.139. The molecule has 2 aliphatic heterocycles. The molecule has 3 rings (SSSR count). The van der Waals surface area contributed by atoms with E-state index in [2.05, 4.69) is 6.07 Å². The molecule has 2 saturated heterocycles. The highest BCUT2D eigenvalue weighted by Gasteiger charge is 2.41. The molecule has 0 bridgehead atoms. The van der Waals surface area contributed by atoms with Gasteiger partial charge in [-0.05, 0) is 30.7 Å². The number of hydrogen-bond acceptors (Lipinski definition) is 4. The average molecular weight is 358 g/mol. The van der Waals surface area contributed by atoms with E-state index in [9.17, 15) is 9.59 Å². The van der Waals surface area contributed by atoms with Crippen LogP contribution in [-0.4, -0.2) is 66.1 Å². The van der Waals surface area contributed by atoms with Gasteiger partial charge in [0.15, 0.2) is 0 Å². The average Bonchev–Trinajstić information content (AvgIpc) is 3.03. The van der Waals surface area contributed by atoms with Gasteiger partial charge in [-0.25, -0.2) is 0 Å². The Kier molecular flexibility index (Phi) is 5.33. The van der Waals surface area contributed by atoms with Gasteiger partial charge in [0.25, 0.3) is 5.91 Å². The van der Waals surface area contributed by atoms with E-state index in [4.69, 9.17) is 10.00 Å². The summed E-state index contributed by atoms with van der Waals surface area (Å²) in [7, 11) is 3.44. The van der Waals surface area contributed by atoms with Crippen LogP contribution in [0.1, 0.15) is 41.7 Å². The van der Waals surface area contributed by atoms with Crippen LogP contribution < -0.4 is 0 Å². The maximum atomic E-state index is 12.8. The third-order valence-electron chi connectivity index (χ3n) is 5.78. The summed E-state index contributed by atoms with van der Waals surface area (Å²) in [4.78, 5) is 28.7. The normalized spacial score (nSPS) is 19.7. The van der Waals surface area contributed by atoms with Crippen LogP contribution in [-0.2, 0) is 16.6 Å². The van der Waals surface area contributed by atoms with E-state index in [1.807, 2.05) is 9.80 Å². The van der Waals surface area contributed by atoms with Gasteiger partial charge in [-0.1, -0.05) is 0 Å². The van der Waals surface area contributed by atoms with E-state index in [1.165, 1.54) is 0 Å². The highest BCUT2D eigenvalue weighted by atomic mass is 16.5. The summed E-state index contributed by atoms with van der Waals surface area (Å²) in [6.45, 7) is 3.34. The number of aromatic nitrogens is 1. The largest absolute Gasteiger partial charge is 0.383 e. The van der Waals surface area contributed by atoms with Crippen molar-refractivity contribution in [2.45, 2.75) is 25.7 Å². The second-order valence-electron chi connectivity index (χ2n) is 7.44. The summed E-state index contributed by atoms with van der Waals surface area (Å²) in [6, 6.07) is 3.73. The minimum absolute atomic E-state index is 0.0213. The van der Waals surface area contributed by atoms with Crippen molar-refractivity contribution in [3.8, 4) is 6.07 Å². The van der Waals surface area contributed by atoms with Crippen molar-refractivity contribution in [1.29, 1.82) is 5.26 Å². The van der Waals surface area contributed by atoms with Crippen molar-refractivity contribution >= 4 is 11.8 Å². The Morgan fingerprint density at radius 2 is 2.08 bits per heavy atom. The number of nitrogens with zero attached hydrogens (tertiary/aromatic N) is 4. The molecule has 2 amide bonds. The SMILES string of the molecule is COCCN1CC2(CCC1=O)CCN(C(=O)c1cc(C#N)cn1C)CC2. The number of hydrogen-bond donors (Lipinski definition) is 0. The van der Waals surface area contributed by atoms with Crippen molar-refractivity contribution in [2.75, 3.05) is 39.9 Å². The molecule has 0 radical (unpaired) electrons. The van der Waals surface area contributed by atoms with Crippen LogP contribution >= 0.6 is 0 Å². The number of carbonyl (C=O) groups excluding carboxylic acids is 2. The second kappa shape index (κ2) is 7.50. The summed E-state index contributed by atoms with van der Waals surface area (Å²) in [5.41, 5.74) is 1.17. The van der Waals surface area contributed by atoms with Crippen molar-refractivity contribution in [1.82, 2.24) is 14.4 Å². The van der Waals surface area contributed by atoms with Gasteiger partial charge >= 0.3 is 0 Å². The van der Waals surface area contributed by atoms with Gasteiger partial charge < -0.3 is 19.1 Å². The second-order valence-corrected chi connectivity index (χ2v) is 7.44. The van der Waals surface area contributed by atoms with Crippen LogP contribution in [0.5, 0.6) is 0 Å². The quantitative estimate of drug-likeness (QED) is 0.815. The summed E-state index contributed by atoms with van der Waals surface area (Å²) < 4.78 is 6.84. The summed E-state index contributed by atoms with van der Waals surface area (Å²) in [6.07, 6.45) is 4.98. The van der Waals surface area contributed by atoms with Crippen molar-refractivity contribution < 1.29 is 14.3 Å². The molecule has 1 aromatic rings. The molecule has 140 valence electrons. The van der Waals surface area contributed by atoms with E-state index in [0.29, 0.717) is 43.9 Å². The van der Waals surface area contributed by atoms with Crippen LogP contribution in [0.25, 0.3) is 0 Å². The van der Waals surface area contributed by atoms with Gasteiger partial charge in [0.05, 0.1) is 12.2 Å². The minimum Gasteiger partial charge on any atom is -0.383 e. The highest BCUT2D eigenvalue weighted by molar-refractivity contribution is 5.93. The number of methoxy groups -OCH3 is 1. The number of ether oxygens (including phenoxy) is 1. The van der Waals surface area contributed by atoms with Crippen molar-refractivity contribution in [3.63, 3.8) is 0 Å². The number of nitriles is 1. The Hall–Kier alpha value is -2.33. The van der Waals surface area contributed by atoms with Gasteiger partial charge in [0, 0.05) is 53.0 Å². The van der Waals surface area contributed by atoms with E-state index in [-0.39, 0.29) is 17.2 Å². The summed E-state index contributed by atoms with van der Waals surface area (Å²) in [5.74, 6) is 0.186. The fourth-order valence-corrected chi connectivity index (χ4v) is 4.10. The number of aryl methyl sites for hydroxylation is 1. The molecular formula is C19H26N4O3. The topological polar surface area (TPSA) is 78.6 Å². The zero-order valence-corrected chi connectivity index (χ0v) is 15.5. The summed E-state index contributed by atoms with van der Waals surface area (Å²) in [5, 5.41) is 9.01. The number of rotatable bonds is 4. The Balaban J connectivity index is 1.63. The Labute approximate surface area is 154 Å². The molecule has 1 aromatic heterocycles. The van der Waals surface area contributed by atoms with E-state index in [1.54, 1.807) is 31.0 Å². The van der Waals surface area contributed by atoms with Crippen LogP contribution in [0.15, 0.2) is 12.3 Å². The molecule has 7 nitrogen and oxygen atoms in total. The smallest absolute Gasteiger partial charge is 0.270 e. The van der Waals surface area contributed by atoms with Gasteiger partial charge in [-0.2, -0.15) is 5.26 Å². The Bertz CT molecular complexity index is 726. The van der Waals surface area contributed by atoms with Crippen LogP contribution in [0, 0.1) is 16.7 Å². The minimum atomic E-state index is -0.0213. The first-order valence-corrected chi connectivity index (χ1v) is 9.10. The molecule has 0 atom stereocenters. The van der Waals surface area contributed by atoms with Gasteiger partial charge in [0.2, 0.25) is 5.91 Å². The molecule has 3 heterocycles. The maximum Gasteiger partial charge on any atom is 0.270 e. The lowest BCUT2D eigenvalue weighted by Gasteiger charge is -2.47. The fourth-order valence-electron chi connectivity index (χ4n) is 4.10. The van der Waals surface area contributed by atoms with E-state index >= 15 is 0 Å². The molecule has 2 aliphatic rings. The molecular weight excluding hydrogens is 332 g/mol. The van der Waals surface area contributed by atoms with Gasteiger partial charge in [0.1, 0.15) is 11.8 Å². The zero-order valence-electron chi connectivity index (χ0n) is 15.5. The highest BCUT2D eigenvalue weighted by Crippen LogP contribution is 2.40. The van der Waals surface area contributed by atoms with E-state index in [0.717, 1.165) is 25.8 Å². The van der Waals surface area contributed by atoms with Gasteiger partial charge in [-0.3, -0.25) is 9.59 Å². The fraction of sp³-hybridized carbons (Fsp3) is 0.632. The molecule has 1 spiro atoms. The first-order valence-electron chi connectivity index (χ1n) is 9.10. The van der Waals surface area contributed by atoms with Gasteiger partial charge in [-0.15, -0.1) is 0 Å². The Morgan fingerprint density at radius 1 is 1.35 bits per heavy atom. The predicted molar refractivity (Wildman–Crippen MR) is 95.4 cm³/mol. The monoisotopic (exact) mass is 358 g/mol. The molecule has 0 saturated carbocycles. The first kappa shape index (κ1) is 18.5. The van der Waals surface area contributed by atoms with Crippen LogP contribution in [0.2, 0.25) is 0 Å². The van der Waals surface area contributed by atoms with Crippen molar-refractivity contribution in [3.05, 3.63) is 23.5 Å². The number of carbonyl (C=O) groups is 2. The number of likely N-dealkylation sites (tertiary alicyclic amines) is 2. The lowest BCUT2D eigenvalue weighted by atomic mass is 9.72. The standard InChI is InChI=1S/C19H26N4O3/c1-21-13-15(12-20)11-16(21)18(25)22-7-5-19(6-8-22)4-3-17(24)23(14-19)9-10-26-2/h11,13H,3-10,14H2,1-2H3. The maximum absolute atomic E-state index is 12.8. The third-order valence-corrected chi connectivity index (χ3v) is 5.78. The summed E-state index contributed by atoms with van der Waals surface area (Å²) >= 11 is 0. The molecule has 2 fully saturated rings. The molecule has 0 aliphatic carbocycles. The Morgan fingerprint density at radius 3 is 2.69 bits per heavy atom. The van der Waals surface area contributed by atoms with Crippen molar-refractivity contribution in [2.24, 2.45) is 12.5 Å². The molecule has 0 aromatic carbocycles. The van der Waals surface area contributed by atoms with E-state index < -0.39 is 0 Å². The molecule has 26 heavy (non-hydrogen) atoms. The van der Waals surface area contributed by atoms with Crippen LogP contribution in [0.4, 0.5) is 0 Å². The lowest BCUT2D eigenvalue weighted by Crippen LogP contribution is -2.53. The number of piperidine rings is 2. The molecule has 0 unspecified atom stereocenters. The predicted octanol–water partition coefficient (Wildman–Crippen LogP) is 1.39. The zero-order chi connectivity index (χ0) is 18.7. The first-order chi connectivity index (χ1) is 12.5.